The standard InChI is InChI=1S/C15H31NO/c1-2-3-4-5-6-7-8-10-14(16)13-15-11-9-12-17-15/h14-15H,2-13,16H2,1H3. The van der Waals surface area contributed by atoms with Gasteiger partial charge in [-0.2, -0.15) is 0 Å². The lowest BCUT2D eigenvalue weighted by molar-refractivity contribution is 0.0973. The van der Waals surface area contributed by atoms with Crippen molar-refractivity contribution in [2.75, 3.05) is 6.61 Å². The van der Waals surface area contributed by atoms with Crippen LogP contribution >= 0.6 is 0 Å². The lowest BCUT2D eigenvalue weighted by atomic mass is 10.0. The molecule has 2 nitrogen and oxygen atoms in total. The topological polar surface area (TPSA) is 35.2 Å². The van der Waals surface area contributed by atoms with E-state index in [1.54, 1.807) is 0 Å². The largest absolute Gasteiger partial charge is 0.378 e. The summed E-state index contributed by atoms with van der Waals surface area (Å²) in [4.78, 5) is 0. The molecule has 2 atom stereocenters. The van der Waals surface area contributed by atoms with Crippen LogP contribution in [0.4, 0.5) is 0 Å². The number of hydrogen-bond acceptors (Lipinski definition) is 2. The molecule has 0 amide bonds. The first kappa shape index (κ1) is 15.0. The molecule has 0 radical (unpaired) electrons. The zero-order chi connectivity index (χ0) is 12.3. The number of unbranched alkanes of at least 4 members (excludes halogenated alkanes) is 6. The summed E-state index contributed by atoms with van der Waals surface area (Å²) >= 11 is 0. The molecule has 1 aliphatic rings. The fourth-order valence-corrected chi connectivity index (χ4v) is 2.65. The van der Waals surface area contributed by atoms with Crippen LogP contribution in [-0.4, -0.2) is 18.8 Å². The van der Waals surface area contributed by atoms with Gasteiger partial charge in [0.1, 0.15) is 0 Å². The molecule has 0 aromatic heterocycles. The third kappa shape index (κ3) is 7.77. The van der Waals surface area contributed by atoms with Crippen LogP contribution in [0.3, 0.4) is 0 Å². The maximum absolute atomic E-state index is 6.14. The molecule has 17 heavy (non-hydrogen) atoms. The maximum Gasteiger partial charge on any atom is 0.0590 e. The summed E-state index contributed by atoms with van der Waals surface area (Å²) in [5, 5.41) is 0. The highest BCUT2D eigenvalue weighted by molar-refractivity contribution is 4.72. The molecule has 0 saturated carbocycles. The van der Waals surface area contributed by atoms with Crippen molar-refractivity contribution in [1.29, 1.82) is 0 Å². The minimum Gasteiger partial charge on any atom is -0.378 e. The Balaban J connectivity index is 1.84. The molecule has 1 saturated heterocycles. The second-order valence-electron chi connectivity index (χ2n) is 5.54. The lowest BCUT2D eigenvalue weighted by Gasteiger charge is -2.15. The van der Waals surface area contributed by atoms with Crippen molar-refractivity contribution >= 4 is 0 Å². The molecule has 0 aliphatic carbocycles. The first-order valence-corrected chi connectivity index (χ1v) is 7.70. The van der Waals surface area contributed by atoms with E-state index in [-0.39, 0.29) is 0 Å². The highest BCUT2D eigenvalue weighted by atomic mass is 16.5. The molecule has 0 aromatic carbocycles. The Labute approximate surface area is 107 Å². The molecule has 2 heteroatoms. The Hall–Kier alpha value is -0.0800. The van der Waals surface area contributed by atoms with Crippen LogP contribution in [0.15, 0.2) is 0 Å². The van der Waals surface area contributed by atoms with Crippen molar-refractivity contribution in [1.82, 2.24) is 0 Å². The Kier molecular flexibility index (Phi) is 8.72. The van der Waals surface area contributed by atoms with E-state index in [9.17, 15) is 0 Å². The van der Waals surface area contributed by atoms with E-state index < -0.39 is 0 Å². The maximum atomic E-state index is 6.14. The van der Waals surface area contributed by atoms with Crippen LogP contribution < -0.4 is 5.73 Å². The summed E-state index contributed by atoms with van der Waals surface area (Å²) in [5.41, 5.74) is 6.14. The van der Waals surface area contributed by atoms with Gasteiger partial charge in [0.2, 0.25) is 0 Å². The fraction of sp³-hybridized carbons (Fsp3) is 1.00. The van der Waals surface area contributed by atoms with E-state index in [4.69, 9.17) is 10.5 Å². The quantitative estimate of drug-likeness (QED) is 0.586. The molecule has 0 aromatic rings. The molecule has 1 fully saturated rings. The van der Waals surface area contributed by atoms with Crippen molar-refractivity contribution in [2.45, 2.75) is 89.7 Å². The molecule has 0 bridgehead atoms. The van der Waals surface area contributed by atoms with Crippen molar-refractivity contribution in [3.05, 3.63) is 0 Å². The molecule has 102 valence electrons. The van der Waals surface area contributed by atoms with E-state index in [2.05, 4.69) is 6.92 Å². The smallest absolute Gasteiger partial charge is 0.0590 e. The van der Waals surface area contributed by atoms with Gasteiger partial charge in [0.25, 0.3) is 0 Å². The Morgan fingerprint density at radius 3 is 2.47 bits per heavy atom. The summed E-state index contributed by atoms with van der Waals surface area (Å²) in [6, 6.07) is 0.369. The van der Waals surface area contributed by atoms with Crippen LogP contribution in [0.2, 0.25) is 0 Å². The van der Waals surface area contributed by atoms with Gasteiger partial charge in [0, 0.05) is 12.6 Å². The summed E-state index contributed by atoms with van der Waals surface area (Å²) in [6.07, 6.45) is 14.8. The van der Waals surface area contributed by atoms with Gasteiger partial charge in [-0.25, -0.2) is 0 Å². The van der Waals surface area contributed by atoms with E-state index >= 15 is 0 Å². The monoisotopic (exact) mass is 241 g/mol. The highest BCUT2D eigenvalue weighted by Crippen LogP contribution is 2.18. The van der Waals surface area contributed by atoms with Crippen molar-refractivity contribution in [3.63, 3.8) is 0 Å². The predicted molar refractivity (Wildman–Crippen MR) is 74.2 cm³/mol. The zero-order valence-corrected chi connectivity index (χ0v) is 11.6. The van der Waals surface area contributed by atoms with Crippen molar-refractivity contribution < 1.29 is 4.74 Å². The molecule has 1 aliphatic heterocycles. The van der Waals surface area contributed by atoms with E-state index in [1.165, 1.54) is 64.2 Å². The number of hydrogen-bond donors (Lipinski definition) is 1. The third-order valence-electron chi connectivity index (χ3n) is 3.77. The number of ether oxygens (including phenoxy) is 1. The van der Waals surface area contributed by atoms with Crippen LogP contribution in [-0.2, 0) is 4.74 Å². The fourth-order valence-electron chi connectivity index (χ4n) is 2.65. The second kappa shape index (κ2) is 9.90. The molecular formula is C15H31NO. The first-order valence-electron chi connectivity index (χ1n) is 7.70. The Morgan fingerprint density at radius 2 is 1.82 bits per heavy atom. The summed E-state index contributed by atoms with van der Waals surface area (Å²) in [5.74, 6) is 0. The summed E-state index contributed by atoms with van der Waals surface area (Å²) in [7, 11) is 0. The Bertz CT molecular complexity index is 166. The SMILES string of the molecule is CCCCCCCCCC(N)CC1CCCO1. The van der Waals surface area contributed by atoms with Crippen LogP contribution in [0.1, 0.15) is 77.6 Å². The van der Waals surface area contributed by atoms with Gasteiger partial charge in [0.05, 0.1) is 6.10 Å². The van der Waals surface area contributed by atoms with Crippen molar-refractivity contribution in [2.24, 2.45) is 5.73 Å². The van der Waals surface area contributed by atoms with E-state index in [0.29, 0.717) is 12.1 Å². The van der Waals surface area contributed by atoms with Gasteiger partial charge in [-0.05, 0) is 25.7 Å². The minimum absolute atomic E-state index is 0.369. The average molecular weight is 241 g/mol. The molecule has 0 spiro atoms. The average Bonchev–Trinajstić information content (AvgIpc) is 2.80. The van der Waals surface area contributed by atoms with Gasteiger partial charge in [0.15, 0.2) is 0 Å². The molecule has 1 rings (SSSR count). The predicted octanol–water partition coefficient (Wildman–Crippen LogP) is 4.02. The lowest BCUT2D eigenvalue weighted by Crippen LogP contribution is -2.25. The molecule has 2 N–H and O–H groups in total. The van der Waals surface area contributed by atoms with Gasteiger partial charge in [-0.15, -0.1) is 0 Å². The highest BCUT2D eigenvalue weighted by Gasteiger charge is 2.18. The van der Waals surface area contributed by atoms with Gasteiger partial charge < -0.3 is 10.5 Å². The molecule has 1 heterocycles. The van der Waals surface area contributed by atoms with Gasteiger partial charge in [-0.3, -0.25) is 0 Å². The molecule has 2 unspecified atom stereocenters. The summed E-state index contributed by atoms with van der Waals surface area (Å²) < 4.78 is 5.62. The first-order chi connectivity index (χ1) is 8.33. The van der Waals surface area contributed by atoms with Gasteiger partial charge >= 0.3 is 0 Å². The Morgan fingerprint density at radius 1 is 1.12 bits per heavy atom. The second-order valence-corrected chi connectivity index (χ2v) is 5.54. The van der Waals surface area contributed by atoms with Crippen LogP contribution in [0.5, 0.6) is 0 Å². The normalized spacial score (nSPS) is 21.9. The van der Waals surface area contributed by atoms with Gasteiger partial charge in [-0.1, -0.05) is 51.9 Å². The summed E-state index contributed by atoms with van der Waals surface area (Å²) in [6.45, 7) is 3.22. The van der Waals surface area contributed by atoms with E-state index in [1.807, 2.05) is 0 Å². The third-order valence-corrected chi connectivity index (χ3v) is 3.77. The van der Waals surface area contributed by atoms with Crippen LogP contribution in [0.25, 0.3) is 0 Å². The number of nitrogens with two attached hydrogens (primary N) is 1. The van der Waals surface area contributed by atoms with E-state index in [0.717, 1.165) is 13.0 Å². The number of rotatable bonds is 10. The van der Waals surface area contributed by atoms with Crippen molar-refractivity contribution in [3.8, 4) is 0 Å². The van der Waals surface area contributed by atoms with Crippen LogP contribution in [0, 0.1) is 0 Å². The minimum atomic E-state index is 0.369. The molecular weight excluding hydrogens is 210 g/mol. The zero-order valence-electron chi connectivity index (χ0n) is 11.6.